The second-order valence-corrected chi connectivity index (χ2v) is 11.9. The summed E-state index contributed by atoms with van der Waals surface area (Å²) in [5.74, 6) is -4.50. The lowest BCUT2D eigenvalue weighted by molar-refractivity contribution is -0.256. The third-order valence-corrected chi connectivity index (χ3v) is 9.43. The predicted octanol–water partition coefficient (Wildman–Crippen LogP) is 0.808. The number of anilines is 1. The molecular formula is C30H32N2O12. The van der Waals surface area contributed by atoms with Crippen LogP contribution in [0.3, 0.4) is 0 Å². The van der Waals surface area contributed by atoms with E-state index in [4.69, 9.17) is 29.4 Å². The average molecular weight is 613 g/mol. The number of hydrogen-bond acceptors (Lipinski definition) is 13. The van der Waals surface area contributed by atoms with E-state index < -0.39 is 89.6 Å². The number of aromatic hydroxyl groups is 2. The monoisotopic (exact) mass is 612 g/mol. The van der Waals surface area contributed by atoms with E-state index in [0.717, 1.165) is 0 Å². The normalized spacial score (nSPS) is 34.5. The van der Waals surface area contributed by atoms with Gasteiger partial charge in [0.25, 0.3) is 0 Å². The van der Waals surface area contributed by atoms with Crippen molar-refractivity contribution < 1.29 is 58.5 Å². The van der Waals surface area contributed by atoms with Crippen molar-refractivity contribution in [2.75, 3.05) is 26.0 Å². The number of hydrogen-bond donors (Lipinski definition) is 5. The molecule has 8 atom stereocenters. The number of rotatable bonds is 4. The molecule has 2 aromatic carbocycles. The average Bonchev–Trinajstić information content (AvgIpc) is 3.37. The van der Waals surface area contributed by atoms with Gasteiger partial charge in [-0.15, -0.1) is 0 Å². The fourth-order valence-electron chi connectivity index (χ4n) is 7.38. The summed E-state index contributed by atoms with van der Waals surface area (Å²) in [5.41, 5.74) is 2.18. The highest BCUT2D eigenvalue weighted by Crippen LogP contribution is 2.52. The first-order valence-corrected chi connectivity index (χ1v) is 14.4. The zero-order valence-corrected chi connectivity index (χ0v) is 23.9. The molecule has 3 fully saturated rings. The molecule has 2 aromatic rings. The van der Waals surface area contributed by atoms with E-state index in [2.05, 4.69) is 4.90 Å². The van der Waals surface area contributed by atoms with Crippen LogP contribution in [0.4, 0.5) is 5.69 Å². The maximum atomic E-state index is 13.7. The van der Waals surface area contributed by atoms with Crippen LogP contribution in [0.1, 0.15) is 68.8 Å². The number of carboxylic acid groups (broad SMARTS) is 1. The van der Waals surface area contributed by atoms with E-state index in [1.807, 2.05) is 6.92 Å². The third-order valence-electron chi connectivity index (χ3n) is 9.43. The molecule has 0 aromatic heterocycles. The highest BCUT2D eigenvalue weighted by molar-refractivity contribution is 6.32. The highest BCUT2D eigenvalue weighted by atomic mass is 16.7. The minimum absolute atomic E-state index is 0.0196. The van der Waals surface area contributed by atoms with Gasteiger partial charge in [0.15, 0.2) is 36.0 Å². The number of phenols is 2. The van der Waals surface area contributed by atoms with Gasteiger partial charge in [-0.25, -0.2) is 4.79 Å². The molecule has 2 aliphatic carbocycles. The molecule has 3 heterocycles. The number of fused-ring (bicyclic) bond motifs is 6. The van der Waals surface area contributed by atoms with E-state index in [0.29, 0.717) is 13.2 Å². The molecule has 14 heteroatoms. The first kappa shape index (κ1) is 29.1. The number of aliphatic carboxylic acids is 1. The van der Waals surface area contributed by atoms with Crippen molar-refractivity contribution in [3.05, 3.63) is 51.6 Å². The number of methoxy groups -OCH3 is 1. The maximum Gasteiger partial charge on any atom is 0.336 e. The van der Waals surface area contributed by atoms with E-state index in [1.165, 1.54) is 25.3 Å². The number of phenolic OH excluding ortho intramolecular Hbond substituents is 2. The molecule has 5 aliphatic rings. The first-order chi connectivity index (χ1) is 20.9. The number of morpholine rings is 1. The smallest absolute Gasteiger partial charge is 0.336 e. The SMILES string of the molecule is CO[C@H]1OCCN2C3C[C@H](O[C@H]4C[C@](O)(C(=O)O)Cc5c(O)c6c(c(O)c54)C(=O)c4c(N)cccc4C6=O)O[C@@H](C)[C@H]3O[C@H]12. The van der Waals surface area contributed by atoms with Crippen LogP contribution < -0.4 is 5.73 Å². The topological polar surface area (TPSA) is 208 Å². The number of carbonyl (C=O) groups is 3. The van der Waals surface area contributed by atoms with Crippen molar-refractivity contribution in [3.8, 4) is 11.5 Å². The second kappa shape index (κ2) is 10.2. The van der Waals surface area contributed by atoms with E-state index >= 15 is 0 Å². The van der Waals surface area contributed by atoms with Crippen LogP contribution >= 0.6 is 0 Å². The molecule has 234 valence electrons. The number of ether oxygens (including phenoxy) is 5. The molecule has 0 spiro atoms. The Morgan fingerprint density at radius 3 is 2.59 bits per heavy atom. The molecule has 0 saturated carbocycles. The van der Waals surface area contributed by atoms with Gasteiger partial charge >= 0.3 is 5.97 Å². The van der Waals surface area contributed by atoms with Crippen molar-refractivity contribution in [2.45, 2.75) is 74.9 Å². The van der Waals surface area contributed by atoms with Crippen molar-refractivity contribution >= 4 is 23.2 Å². The van der Waals surface area contributed by atoms with Gasteiger partial charge in [0, 0.05) is 61.3 Å². The van der Waals surface area contributed by atoms with E-state index in [9.17, 15) is 34.8 Å². The highest BCUT2D eigenvalue weighted by Gasteiger charge is 2.55. The number of ketones is 2. The standard InChI is InChI=1S/C30H32N2O12/c1-11-26-15(32-6-7-41-28(40-2)27(32)44-26)8-17(42-11)43-16-10-30(39,29(37)38)9-13-19(16)25(36)21-20(23(13)34)22(33)12-4-3-5-14(31)18(12)24(21)35/h3-5,11,15-17,26-28,34,36,39H,6-10,31H2,1-2H3,(H,37,38)/t11-,15?,16-,17-,26+,27+,28-,30-/m0/s1. The van der Waals surface area contributed by atoms with E-state index in [1.54, 1.807) is 0 Å². The molecule has 1 unspecified atom stereocenters. The minimum atomic E-state index is -2.43. The molecule has 3 saturated heterocycles. The number of carbonyl (C=O) groups excluding carboxylic acids is 2. The Balaban J connectivity index is 1.29. The van der Waals surface area contributed by atoms with Gasteiger partial charge < -0.3 is 49.8 Å². The fourth-order valence-corrected chi connectivity index (χ4v) is 7.38. The Hall–Kier alpha value is -3.63. The van der Waals surface area contributed by atoms with Crippen LogP contribution in [0.15, 0.2) is 18.2 Å². The van der Waals surface area contributed by atoms with Gasteiger partial charge in [-0.1, -0.05) is 12.1 Å². The zero-order valence-electron chi connectivity index (χ0n) is 23.9. The molecule has 0 amide bonds. The van der Waals surface area contributed by atoms with Crippen LogP contribution in [0.5, 0.6) is 11.5 Å². The van der Waals surface area contributed by atoms with Crippen LogP contribution in [0, 0.1) is 0 Å². The molecule has 3 aliphatic heterocycles. The zero-order chi connectivity index (χ0) is 31.2. The van der Waals surface area contributed by atoms with Gasteiger partial charge in [-0.05, 0) is 13.0 Å². The number of carboxylic acids is 1. The number of nitrogens with two attached hydrogens (primary N) is 1. The van der Waals surface area contributed by atoms with Crippen LogP contribution in [0.2, 0.25) is 0 Å². The van der Waals surface area contributed by atoms with Crippen molar-refractivity contribution in [1.82, 2.24) is 4.90 Å². The van der Waals surface area contributed by atoms with Crippen LogP contribution in [-0.2, 0) is 34.9 Å². The molecule has 44 heavy (non-hydrogen) atoms. The lowest BCUT2D eigenvalue weighted by Crippen LogP contribution is -2.55. The van der Waals surface area contributed by atoms with Gasteiger partial charge in [0.2, 0.25) is 0 Å². The van der Waals surface area contributed by atoms with Crippen LogP contribution in [-0.4, -0.2) is 106 Å². The molecule has 0 radical (unpaired) electrons. The summed E-state index contributed by atoms with van der Waals surface area (Å²) in [6, 6.07) is 4.12. The van der Waals surface area contributed by atoms with Gasteiger partial charge in [-0.2, -0.15) is 0 Å². The number of aliphatic hydroxyl groups is 1. The first-order valence-electron chi connectivity index (χ1n) is 14.4. The molecule has 0 bridgehead atoms. The largest absolute Gasteiger partial charge is 0.507 e. The Morgan fingerprint density at radius 1 is 1.11 bits per heavy atom. The van der Waals surface area contributed by atoms with Gasteiger partial charge in [0.1, 0.15) is 17.6 Å². The van der Waals surface area contributed by atoms with Gasteiger partial charge in [-0.3, -0.25) is 14.5 Å². The number of benzene rings is 2. The Labute approximate surface area is 250 Å². The van der Waals surface area contributed by atoms with Crippen LogP contribution in [0.25, 0.3) is 0 Å². The number of nitrogens with zero attached hydrogens (tertiary/aromatic N) is 1. The molecular weight excluding hydrogens is 580 g/mol. The molecule has 14 nitrogen and oxygen atoms in total. The number of nitrogen functional groups attached to an aromatic ring is 1. The summed E-state index contributed by atoms with van der Waals surface area (Å²) in [4.78, 5) is 41.6. The quantitative estimate of drug-likeness (QED) is 0.204. The summed E-state index contributed by atoms with van der Waals surface area (Å²) in [7, 11) is 1.53. The van der Waals surface area contributed by atoms with E-state index in [-0.39, 0.29) is 46.5 Å². The Morgan fingerprint density at radius 2 is 1.86 bits per heavy atom. The van der Waals surface area contributed by atoms with Crippen molar-refractivity contribution in [1.29, 1.82) is 0 Å². The molecule has 7 rings (SSSR count). The Kier molecular flexibility index (Phi) is 6.75. The lowest BCUT2D eigenvalue weighted by Gasteiger charge is -2.43. The Bertz CT molecular complexity index is 1590. The van der Waals surface area contributed by atoms with Crippen molar-refractivity contribution in [3.63, 3.8) is 0 Å². The maximum absolute atomic E-state index is 13.7. The van der Waals surface area contributed by atoms with Gasteiger partial charge in [0.05, 0.1) is 35.5 Å². The summed E-state index contributed by atoms with van der Waals surface area (Å²) in [6.45, 7) is 2.79. The van der Waals surface area contributed by atoms with Crippen molar-refractivity contribution in [2.24, 2.45) is 0 Å². The summed E-state index contributed by atoms with van der Waals surface area (Å²) >= 11 is 0. The second-order valence-electron chi connectivity index (χ2n) is 11.9. The summed E-state index contributed by atoms with van der Waals surface area (Å²) in [6.07, 6.45) is -5.10. The fraction of sp³-hybridized carbons (Fsp3) is 0.500. The predicted molar refractivity (Wildman–Crippen MR) is 147 cm³/mol. The lowest BCUT2D eigenvalue weighted by atomic mass is 9.73. The minimum Gasteiger partial charge on any atom is -0.507 e. The summed E-state index contributed by atoms with van der Waals surface area (Å²) < 4.78 is 29.8. The summed E-state index contributed by atoms with van der Waals surface area (Å²) in [5, 5.41) is 44.2. The third kappa shape index (κ3) is 4.10. The molecule has 6 N–H and O–H groups in total.